The van der Waals surface area contributed by atoms with Gasteiger partial charge < -0.3 is 14.2 Å². The van der Waals surface area contributed by atoms with E-state index in [1.54, 1.807) is 0 Å². The lowest BCUT2D eigenvalue weighted by atomic mass is 10.0. The van der Waals surface area contributed by atoms with E-state index in [4.69, 9.17) is 14.2 Å². The average Bonchev–Trinajstić information content (AvgIpc) is 3.49. The predicted molar refractivity (Wildman–Crippen MR) is 362 cm³/mol. The van der Waals surface area contributed by atoms with E-state index in [2.05, 4.69) is 136 Å². The molecule has 0 aromatic rings. The van der Waals surface area contributed by atoms with Crippen LogP contribution in [0.4, 0.5) is 0 Å². The number of allylic oxidation sites excluding steroid dienone is 20. The van der Waals surface area contributed by atoms with Gasteiger partial charge in [0.2, 0.25) is 0 Å². The van der Waals surface area contributed by atoms with Crippen molar-refractivity contribution < 1.29 is 28.6 Å². The Bertz CT molecular complexity index is 1700. The highest BCUT2D eigenvalue weighted by molar-refractivity contribution is 5.71. The number of carbonyl (C=O) groups is 3. The van der Waals surface area contributed by atoms with Gasteiger partial charge in [0, 0.05) is 19.3 Å². The third-order valence-electron chi connectivity index (χ3n) is 15.0. The molecule has 0 saturated heterocycles. The molecule has 1 atom stereocenters. The molecule has 0 aromatic heterocycles. The number of hydrogen-bond acceptors (Lipinski definition) is 6. The quantitative estimate of drug-likeness (QED) is 0.0261. The maximum absolute atomic E-state index is 13.0. The fourth-order valence-electron chi connectivity index (χ4n) is 9.82. The number of carbonyl (C=O) groups excluding carboxylic acids is 3. The highest BCUT2D eigenvalue weighted by atomic mass is 16.6. The van der Waals surface area contributed by atoms with Crippen molar-refractivity contribution in [2.45, 2.75) is 335 Å². The SMILES string of the molecule is CC/C=C\C/C=C\C/C=C\C/C=C\C/C=C\C/C=C\CCC(=O)OCC(COC(=O)CCCCCCCCCCCCCC/C=C\C/C=C\C/C=C\C/C=C\CC)OC(=O)CCCCCCCCCCCCCCCCCCCCCCC. The van der Waals surface area contributed by atoms with E-state index >= 15 is 0 Å². The monoisotopic (exact) mass is 1150 g/mol. The predicted octanol–water partition coefficient (Wildman–Crippen LogP) is 24.3. The van der Waals surface area contributed by atoms with E-state index in [9.17, 15) is 14.4 Å². The van der Waals surface area contributed by atoms with Gasteiger partial charge in [0.25, 0.3) is 0 Å². The summed E-state index contributed by atoms with van der Waals surface area (Å²) in [5.74, 6) is -0.977. The van der Waals surface area contributed by atoms with E-state index in [0.717, 1.165) is 103 Å². The summed E-state index contributed by atoms with van der Waals surface area (Å²) in [6.45, 7) is 6.39. The van der Waals surface area contributed by atoms with E-state index < -0.39 is 6.10 Å². The van der Waals surface area contributed by atoms with E-state index in [1.807, 2.05) is 6.08 Å². The summed E-state index contributed by atoms with van der Waals surface area (Å²) in [6, 6.07) is 0. The summed E-state index contributed by atoms with van der Waals surface area (Å²) in [6.07, 6.45) is 98.0. The Morgan fingerprint density at radius 1 is 0.253 bits per heavy atom. The van der Waals surface area contributed by atoms with Crippen molar-refractivity contribution in [3.05, 3.63) is 122 Å². The molecule has 0 radical (unpaired) electrons. The Morgan fingerprint density at radius 2 is 0.494 bits per heavy atom. The summed E-state index contributed by atoms with van der Waals surface area (Å²) < 4.78 is 16.9. The first-order chi connectivity index (χ1) is 41.0. The van der Waals surface area contributed by atoms with Crippen LogP contribution < -0.4 is 0 Å². The van der Waals surface area contributed by atoms with Crippen LogP contribution in [0.1, 0.15) is 329 Å². The lowest BCUT2D eigenvalue weighted by molar-refractivity contribution is -0.166. The zero-order chi connectivity index (χ0) is 59.9. The summed E-state index contributed by atoms with van der Waals surface area (Å²) >= 11 is 0. The van der Waals surface area contributed by atoms with Gasteiger partial charge in [-0.05, 0) is 96.3 Å². The summed E-state index contributed by atoms with van der Waals surface area (Å²) in [7, 11) is 0. The fourth-order valence-corrected chi connectivity index (χ4v) is 9.82. The molecule has 0 amide bonds. The third kappa shape index (κ3) is 68.5. The van der Waals surface area contributed by atoms with Crippen LogP contribution in [0.2, 0.25) is 0 Å². The standard InChI is InChI=1S/C77H130O6/c1-4-7-10-13-16-19-22-25-28-31-34-36-37-38-39-41-43-46-49-52-55-58-61-64-67-70-76(79)82-73-74(72-81-75(78)69-66-63-60-57-54-51-48-45-42-33-30-27-24-21-18-15-12-9-6-3)83-77(80)71-68-65-62-59-56-53-50-47-44-40-35-32-29-26-23-20-17-14-11-8-5-2/h7,9-10,12,16,18-19,21,25,27-28,30,34,36,42,45,51,54,60,63,74H,4-6,8,11,13-15,17,20,22-24,26,29,31-33,35,37-41,43-44,46-50,52-53,55-59,61-62,64-73H2,1-3H3/b10-7-,12-9-,19-16-,21-18-,28-25-,30-27-,36-34-,45-42-,54-51-,63-60-. The van der Waals surface area contributed by atoms with Crippen molar-refractivity contribution >= 4 is 17.9 Å². The van der Waals surface area contributed by atoms with Crippen molar-refractivity contribution in [3.63, 3.8) is 0 Å². The van der Waals surface area contributed by atoms with Crippen LogP contribution in [-0.4, -0.2) is 37.2 Å². The first kappa shape index (κ1) is 78.8. The molecule has 0 aliphatic carbocycles. The Morgan fingerprint density at radius 3 is 0.807 bits per heavy atom. The minimum Gasteiger partial charge on any atom is -0.462 e. The Hall–Kier alpha value is -4.19. The van der Waals surface area contributed by atoms with Crippen LogP contribution in [0.15, 0.2) is 122 Å². The Labute approximate surface area is 513 Å². The van der Waals surface area contributed by atoms with Crippen LogP contribution in [0.5, 0.6) is 0 Å². The smallest absolute Gasteiger partial charge is 0.306 e. The Kier molecular flexibility index (Phi) is 66.7. The van der Waals surface area contributed by atoms with Crippen molar-refractivity contribution in [2.75, 3.05) is 13.2 Å². The number of hydrogen-bond donors (Lipinski definition) is 0. The molecule has 0 rings (SSSR count). The zero-order valence-corrected chi connectivity index (χ0v) is 54.4. The van der Waals surface area contributed by atoms with Gasteiger partial charge in [-0.25, -0.2) is 0 Å². The number of unbranched alkanes of at least 4 members (excludes halogenated alkanes) is 32. The number of esters is 3. The minimum atomic E-state index is -0.813. The lowest BCUT2D eigenvalue weighted by Gasteiger charge is -2.18. The number of ether oxygens (including phenoxy) is 3. The maximum Gasteiger partial charge on any atom is 0.306 e. The van der Waals surface area contributed by atoms with Crippen LogP contribution >= 0.6 is 0 Å². The molecule has 1 unspecified atom stereocenters. The molecule has 6 heteroatoms. The van der Waals surface area contributed by atoms with Crippen molar-refractivity contribution in [3.8, 4) is 0 Å². The average molecular weight is 1150 g/mol. The second-order valence-electron chi connectivity index (χ2n) is 23.0. The molecule has 0 bridgehead atoms. The van der Waals surface area contributed by atoms with Crippen molar-refractivity contribution in [1.82, 2.24) is 0 Å². The van der Waals surface area contributed by atoms with Gasteiger partial charge in [0.05, 0.1) is 0 Å². The second-order valence-corrected chi connectivity index (χ2v) is 23.0. The summed E-state index contributed by atoms with van der Waals surface area (Å²) in [5.41, 5.74) is 0. The van der Waals surface area contributed by atoms with Gasteiger partial charge in [0.1, 0.15) is 13.2 Å². The van der Waals surface area contributed by atoms with Crippen LogP contribution in [-0.2, 0) is 28.6 Å². The molecular formula is C77H130O6. The molecule has 0 heterocycles. The van der Waals surface area contributed by atoms with Crippen LogP contribution in [0.25, 0.3) is 0 Å². The van der Waals surface area contributed by atoms with Gasteiger partial charge >= 0.3 is 17.9 Å². The maximum atomic E-state index is 13.0. The molecule has 0 spiro atoms. The molecule has 6 nitrogen and oxygen atoms in total. The Balaban J connectivity index is 4.43. The van der Waals surface area contributed by atoms with E-state index in [1.165, 1.54) is 180 Å². The van der Waals surface area contributed by atoms with E-state index in [-0.39, 0.29) is 37.5 Å². The highest BCUT2D eigenvalue weighted by Crippen LogP contribution is 2.17. The molecule has 83 heavy (non-hydrogen) atoms. The molecule has 0 fully saturated rings. The molecule has 0 aromatic carbocycles. The summed E-state index contributed by atoms with van der Waals surface area (Å²) in [4.78, 5) is 38.5. The number of rotatable bonds is 63. The van der Waals surface area contributed by atoms with Crippen LogP contribution in [0, 0.1) is 0 Å². The first-order valence-electron chi connectivity index (χ1n) is 35.0. The van der Waals surface area contributed by atoms with Gasteiger partial charge in [-0.15, -0.1) is 0 Å². The van der Waals surface area contributed by atoms with Gasteiger partial charge in [-0.1, -0.05) is 335 Å². The van der Waals surface area contributed by atoms with Crippen molar-refractivity contribution in [1.29, 1.82) is 0 Å². The minimum absolute atomic E-state index is 0.102. The molecule has 0 saturated carbocycles. The second kappa shape index (κ2) is 70.3. The third-order valence-corrected chi connectivity index (χ3v) is 15.0. The van der Waals surface area contributed by atoms with Gasteiger partial charge in [-0.3, -0.25) is 14.4 Å². The topological polar surface area (TPSA) is 78.9 Å². The normalized spacial score (nSPS) is 12.9. The van der Waals surface area contributed by atoms with Crippen molar-refractivity contribution in [2.24, 2.45) is 0 Å². The zero-order valence-electron chi connectivity index (χ0n) is 54.4. The first-order valence-corrected chi connectivity index (χ1v) is 35.0. The highest BCUT2D eigenvalue weighted by Gasteiger charge is 2.19. The molecule has 474 valence electrons. The lowest BCUT2D eigenvalue weighted by Crippen LogP contribution is -2.30. The molecular weight excluding hydrogens is 1020 g/mol. The van der Waals surface area contributed by atoms with Gasteiger partial charge in [0.15, 0.2) is 6.10 Å². The summed E-state index contributed by atoms with van der Waals surface area (Å²) in [5, 5.41) is 0. The largest absolute Gasteiger partial charge is 0.462 e. The molecule has 0 aliphatic rings. The molecule has 0 aliphatic heterocycles. The fraction of sp³-hybridized carbons (Fsp3) is 0.701. The van der Waals surface area contributed by atoms with E-state index in [0.29, 0.717) is 19.3 Å². The van der Waals surface area contributed by atoms with Crippen LogP contribution in [0.3, 0.4) is 0 Å². The van der Waals surface area contributed by atoms with Gasteiger partial charge in [-0.2, -0.15) is 0 Å². The molecule has 0 N–H and O–H groups in total.